The molecule has 1 N–H and O–H groups in total. The number of carbonyl (C=O) groups excluding carboxylic acids is 1. The Labute approximate surface area is 153 Å². The van der Waals surface area contributed by atoms with E-state index < -0.39 is 0 Å². The Morgan fingerprint density at radius 3 is 2.76 bits per heavy atom. The van der Waals surface area contributed by atoms with Gasteiger partial charge in [-0.1, -0.05) is 35.0 Å². The van der Waals surface area contributed by atoms with Gasteiger partial charge in [0.1, 0.15) is 0 Å². The van der Waals surface area contributed by atoms with Gasteiger partial charge in [0.25, 0.3) is 5.91 Å². The first-order valence-electron chi connectivity index (χ1n) is 8.77. The van der Waals surface area contributed by atoms with E-state index in [-0.39, 0.29) is 5.91 Å². The van der Waals surface area contributed by atoms with Gasteiger partial charge < -0.3 is 10.2 Å². The van der Waals surface area contributed by atoms with Crippen LogP contribution in [0, 0.1) is 6.92 Å². The van der Waals surface area contributed by atoms with E-state index in [4.69, 9.17) is 11.6 Å². The Hall–Kier alpha value is -1.92. The van der Waals surface area contributed by atoms with Gasteiger partial charge >= 0.3 is 0 Å². The molecule has 0 aliphatic carbocycles. The van der Waals surface area contributed by atoms with E-state index >= 15 is 0 Å². The molecule has 1 amide bonds. The van der Waals surface area contributed by atoms with Crippen LogP contribution in [0.1, 0.15) is 47.6 Å². The quantitative estimate of drug-likeness (QED) is 0.889. The number of rotatable bonds is 5. The molecule has 2 aromatic rings. The van der Waals surface area contributed by atoms with Crippen LogP contribution in [0.4, 0.5) is 0 Å². The summed E-state index contributed by atoms with van der Waals surface area (Å²) in [6, 6.07) is 7.91. The molecule has 0 saturated carbocycles. The van der Waals surface area contributed by atoms with Gasteiger partial charge in [0.2, 0.25) is 0 Å². The van der Waals surface area contributed by atoms with Gasteiger partial charge in [-0.25, -0.2) is 4.68 Å². The molecule has 6 nitrogen and oxygen atoms in total. The molecule has 134 valence electrons. The van der Waals surface area contributed by atoms with Crippen molar-refractivity contribution in [1.82, 2.24) is 25.2 Å². The average molecular weight is 362 g/mol. The number of halogens is 1. The predicted molar refractivity (Wildman–Crippen MR) is 97.8 cm³/mol. The minimum absolute atomic E-state index is 0.0971. The average Bonchev–Trinajstić information content (AvgIpc) is 3.02. The first kappa shape index (κ1) is 17.9. The van der Waals surface area contributed by atoms with Crippen LogP contribution in [0.2, 0.25) is 5.02 Å². The summed E-state index contributed by atoms with van der Waals surface area (Å²) in [4.78, 5) is 14.7. The number of piperidine rings is 1. The van der Waals surface area contributed by atoms with Crippen LogP contribution in [-0.2, 0) is 6.54 Å². The molecule has 1 fully saturated rings. The van der Waals surface area contributed by atoms with Gasteiger partial charge in [-0.2, -0.15) is 0 Å². The Balaban J connectivity index is 1.79. The largest absolute Gasteiger partial charge is 0.333 e. The van der Waals surface area contributed by atoms with Gasteiger partial charge in [-0.15, -0.1) is 5.10 Å². The van der Waals surface area contributed by atoms with Crippen molar-refractivity contribution >= 4 is 17.5 Å². The highest BCUT2D eigenvalue weighted by Crippen LogP contribution is 2.22. The van der Waals surface area contributed by atoms with Crippen molar-refractivity contribution in [3.63, 3.8) is 0 Å². The Kier molecular flexibility index (Phi) is 5.71. The molecule has 0 spiro atoms. The summed E-state index contributed by atoms with van der Waals surface area (Å²) < 4.78 is 1.91. The molecule has 1 aromatic carbocycles. The molecule has 3 rings (SSSR count). The number of carbonyl (C=O) groups is 1. The first-order chi connectivity index (χ1) is 12.1. The van der Waals surface area contributed by atoms with Crippen molar-refractivity contribution in [3.8, 4) is 0 Å². The molecule has 7 heteroatoms. The van der Waals surface area contributed by atoms with E-state index in [9.17, 15) is 4.79 Å². The van der Waals surface area contributed by atoms with E-state index in [1.165, 1.54) is 0 Å². The minimum Gasteiger partial charge on any atom is -0.333 e. The highest BCUT2D eigenvalue weighted by atomic mass is 35.5. The van der Waals surface area contributed by atoms with Crippen molar-refractivity contribution in [2.75, 3.05) is 19.6 Å². The lowest BCUT2D eigenvalue weighted by Crippen LogP contribution is -2.32. The van der Waals surface area contributed by atoms with Gasteiger partial charge in [0.05, 0.1) is 11.7 Å². The number of aromatic nitrogens is 3. The van der Waals surface area contributed by atoms with Gasteiger partial charge in [0, 0.05) is 18.1 Å². The number of nitrogens with one attached hydrogen (secondary N) is 1. The molecule has 1 saturated heterocycles. The lowest BCUT2D eigenvalue weighted by atomic mass is 10.1. The number of benzene rings is 1. The van der Waals surface area contributed by atoms with Crippen molar-refractivity contribution in [2.24, 2.45) is 0 Å². The van der Waals surface area contributed by atoms with Crippen LogP contribution < -0.4 is 5.32 Å². The van der Waals surface area contributed by atoms with Crippen molar-refractivity contribution in [1.29, 1.82) is 0 Å². The monoisotopic (exact) mass is 361 g/mol. The molecule has 2 heterocycles. The fourth-order valence-corrected chi connectivity index (χ4v) is 3.44. The van der Waals surface area contributed by atoms with E-state index in [2.05, 4.69) is 15.6 Å². The van der Waals surface area contributed by atoms with Gasteiger partial charge in [-0.05, 0) is 51.4 Å². The van der Waals surface area contributed by atoms with Crippen molar-refractivity contribution in [2.45, 2.75) is 39.3 Å². The van der Waals surface area contributed by atoms with Crippen LogP contribution in [0.25, 0.3) is 0 Å². The third-order valence-corrected chi connectivity index (χ3v) is 5.14. The molecule has 0 bridgehead atoms. The normalized spacial score (nSPS) is 15.3. The Morgan fingerprint density at radius 1 is 1.36 bits per heavy atom. The maximum Gasteiger partial charge on any atom is 0.276 e. The molecule has 0 unspecified atom stereocenters. The first-order valence-corrected chi connectivity index (χ1v) is 9.14. The lowest BCUT2D eigenvalue weighted by Gasteiger charge is -2.24. The fourth-order valence-electron chi connectivity index (χ4n) is 3.25. The van der Waals surface area contributed by atoms with Crippen molar-refractivity contribution < 1.29 is 4.79 Å². The Morgan fingerprint density at radius 2 is 2.08 bits per heavy atom. The fraction of sp³-hybridized carbons (Fsp3) is 0.500. The van der Waals surface area contributed by atoms with Crippen molar-refractivity contribution in [3.05, 3.63) is 46.2 Å². The summed E-state index contributed by atoms with van der Waals surface area (Å²) in [5, 5.41) is 12.5. The standard InChI is InChI=1S/C18H24ClN5O/c1-3-23(12-14-6-4-5-7-16(14)19)18(25)17-13(2)24(22-21-17)15-8-10-20-11-9-15/h4-7,15,20H,3,8-12H2,1-2H3. The van der Waals surface area contributed by atoms with E-state index in [0.717, 1.165) is 37.2 Å². The van der Waals surface area contributed by atoms with E-state index in [0.29, 0.717) is 29.8 Å². The lowest BCUT2D eigenvalue weighted by molar-refractivity contribution is 0.0745. The topological polar surface area (TPSA) is 63.1 Å². The Bertz CT molecular complexity index is 739. The molecule has 1 aliphatic rings. The van der Waals surface area contributed by atoms with E-state index in [1.54, 1.807) is 4.90 Å². The summed E-state index contributed by atoms with van der Waals surface area (Å²) in [6.45, 7) is 6.89. The summed E-state index contributed by atoms with van der Waals surface area (Å²) >= 11 is 6.24. The van der Waals surface area contributed by atoms with E-state index in [1.807, 2.05) is 42.8 Å². The molecule has 1 aromatic heterocycles. The van der Waals surface area contributed by atoms with Crippen LogP contribution >= 0.6 is 11.6 Å². The zero-order chi connectivity index (χ0) is 17.8. The second-order valence-electron chi connectivity index (χ2n) is 6.36. The van der Waals surface area contributed by atoms with Crippen LogP contribution in [-0.4, -0.2) is 45.4 Å². The number of amides is 1. The molecule has 1 aliphatic heterocycles. The summed E-state index contributed by atoms with van der Waals surface area (Å²) in [7, 11) is 0. The second-order valence-corrected chi connectivity index (χ2v) is 6.77. The SMILES string of the molecule is CCN(Cc1ccccc1Cl)C(=O)c1nnn(C2CCNCC2)c1C. The molecule has 0 atom stereocenters. The minimum atomic E-state index is -0.0971. The molecule has 0 radical (unpaired) electrons. The van der Waals surface area contributed by atoms with Crippen LogP contribution in [0.3, 0.4) is 0 Å². The maximum absolute atomic E-state index is 13.0. The second kappa shape index (κ2) is 7.97. The third kappa shape index (κ3) is 3.85. The molecular weight excluding hydrogens is 338 g/mol. The highest BCUT2D eigenvalue weighted by molar-refractivity contribution is 6.31. The summed E-state index contributed by atoms with van der Waals surface area (Å²) in [5.74, 6) is -0.0971. The van der Waals surface area contributed by atoms with Gasteiger partial charge in [-0.3, -0.25) is 4.79 Å². The summed E-state index contributed by atoms with van der Waals surface area (Å²) in [6.07, 6.45) is 2.02. The highest BCUT2D eigenvalue weighted by Gasteiger charge is 2.25. The zero-order valence-electron chi connectivity index (χ0n) is 14.7. The number of hydrogen-bond acceptors (Lipinski definition) is 4. The van der Waals surface area contributed by atoms with Crippen LogP contribution in [0.5, 0.6) is 0 Å². The zero-order valence-corrected chi connectivity index (χ0v) is 15.5. The smallest absolute Gasteiger partial charge is 0.276 e. The molecule has 25 heavy (non-hydrogen) atoms. The third-order valence-electron chi connectivity index (χ3n) is 4.77. The summed E-state index contributed by atoms with van der Waals surface area (Å²) in [5.41, 5.74) is 2.21. The maximum atomic E-state index is 13.0. The van der Waals surface area contributed by atoms with Gasteiger partial charge in [0.15, 0.2) is 5.69 Å². The predicted octanol–water partition coefficient (Wildman–Crippen LogP) is 2.83. The van der Waals surface area contributed by atoms with Crippen LogP contribution in [0.15, 0.2) is 24.3 Å². The molecular formula is C18H24ClN5O. The number of nitrogens with zero attached hydrogens (tertiary/aromatic N) is 4. The number of hydrogen-bond donors (Lipinski definition) is 1.